The molecule has 106 valence electrons. The molecule has 1 aromatic carbocycles. The van der Waals surface area contributed by atoms with Crippen molar-refractivity contribution < 1.29 is 17.2 Å². The first kappa shape index (κ1) is 15.1. The van der Waals surface area contributed by atoms with Gasteiger partial charge in [0.05, 0.1) is 5.69 Å². The Balaban J connectivity index is 2.46. The third-order valence-electron chi connectivity index (χ3n) is 2.21. The van der Waals surface area contributed by atoms with Crippen LogP contribution in [0.3, 0.4) is 0 Å². The lowest BCUT2D eigenvalue weighted by atomic mass is 10.3. The van der Waals surface area contributed by atoms with Gasteiger partial charge in [0.1, 0.15) is 21.7 Å². The highest BCUT2D eigenvalue weighted by Crippen LogP contribution is 2.28. The fraction of sp³-hybridized carbons (Fsp3) is 0. The highest BCUT2D eigenvalue weighted by atomic mass is 79.9. The normalized spacial score (nSPS) is 11.4. The molecule has 0 bridgehead atoms. The van der Waals surface area contributed by atoms with Gasteiger partial charge in [0.2, 0.25) is 0 Å². The van der Waals surface area contributed by atoms with Crippen molar-refractivity contribution in [1.29, 1.82) is 0 Å². The molecular weight excluding hydrogens is 378 g/mol. The van der Waals surface area contributed by atoms with Crippen LogP contribution in [-0.4, -0.2) is 13.4 Å². The van der Waals surface area contributed by atoms with Gasteiger partial charge in [-0.2, -0.15) is 0 Å². The molecule has 0 atom stereocenters. The van der Waals surface area contributed by atoms with Crippen molar-refractivity contribution in [3.8, 4) is 0 Å². The molecule has 0 spiro atoms. The number of benzene rings is 1. The Bertz CT molecular complexity index is 748. The second-order valence-electron chi connectivity index (χ2n) is 3.67. The molecule has 0 unspecified atom stereocenters. The average Bonchev–Trinajstić information content (AvgIpc) is 2.25. The first-order chi connectivity index (χ1) is 9.29. The third-order valence-corrected chi connectivity index (χ3v) is 4.76. The SMILES string of the molecule is O=S(=O)(Nc1ccnc(Cl)c1)c1c(F)cc(F)cc1Br. The zero-order valence-corrected chi connectivity index (χ0v) is 12.7. The zero-order valence-electron chi connectivity index (χ0n) is 9.57. The zero-order chi connectivity index (χ0) is 14.9. The molecule has 0 aliphatic heterocycles. The van der Waals surface area contributed by atoms with Crippen molar-refractivity contribution >= 4 is 43.2 Å². The molecule has 0 radical (unpaired) electrons. The number of pyridine rings is 1. The summed E-state index contributed by atoms with van der Waals surface area (Å²) < 4.78 is 52.7. The van der Waals surface area contributed by atoms with E-state index in [1.807, 2.05) is 0 Å². The van der Waals surface area contributed by atoms with E-state index in [2.05, 4.69) is 25.6 Å². The Morgan fingerprint density at radius 1 is 1.25 bits per heavy atom. The van der Waals surface area contributed by atoms with E-state index < -0.39 is 26.6 Å². The summed E-state index contributed by atoms with van der Waals surface area (Å²) in [6.07, 6.45) is 1.29. The fourth-order valence-electron chi connectivity index (χ4n) is 1.46. The third kappa shape index (κ3) is 3.25. The summed E-state index contributed by atoms with van der Waals surface area (Å²) in [4.78, 5) is 3.00. The smallest absolute Gasteiger partial charge is 0.265 e. The molecule has 0 aliphatic rings. The molecule has 20 heavy (non-hydrogen) atoms. The highest BCUT2D eigenvalue weighted by Gasteiger charge is 2.23. The molecule has 2 rings (SSSR count). The van der Waals surface area contributed by atoms with E-state index in [0.717, 1.165) is 6.07 Å². The number of hydrogen-bond acceptors (Lipinski definition) is 3. The van der Waals surface area contributed by atoms with E-state index in [1.165, 1.54) is 18.3 Å². The maximum absolute atomic E-state index is 13.7. The van der Waals surface area contributed by atoms with Gasteiger partial charge in [-0.05, 0) is 34.1 Å². The lowest BCUT2D eigenvalue weighted by Gasteiger charge is -2.10. The van der Waals surface area contributed by atoms with Crippen LogP contribution >= 0.6 is 27.5 Å². The summed E-state index contributed by atoms with van der Waals surface area (Å²) in [5.41, 5.74) is 0.112. The van der Waals surface area contributed by atoms with Crippen molar-refractivity contribution in [2.24, 2.45) is 0 Å². The van der Waals surface area contributed by atoms with Crippen LogP contribution in [0.4, 0.5) is 14.5 Å². The second-order valence-corrected chi connectivity index (χ2v) is 6.53. The number of rotatable bonds is 3. The highest BCUT2D eigenvalue weighted by molar-refractivity contribution is 9.10. The maximum atomic E-state index is 13.7. The van der Waals surface area contributed by atoms with Gasteiger partial charge in [0, 0.05) is 16.7 Å². The van der Waals surface area contributed by atoms with E-state index in [0.29, 0.717) is 6.07 Å². The molecule has 9 heteroatoms. The Morgan fingerprint density at radius 2 is 1.95 bits per heavy atom. The number of nitrogens with zero attached hydrogens (tertiary/aromatic N) is 1. The van der Waals surface area contributed by atoms with Gasteiger partial charge in [-0.15, -0.1) is 0 Å². The first-order valence-corrected chi connectivity index (χ1v) is 7.74. The lowest BCUT2D eigenvalue weighted by molar-refractivity contribution is 0.548. The molecule has 1 N–H and O–H groups in total. The molecule has 0 aliphatic carbocycles. The topological polar surface area (TPSA) is 59.1 Å². The maximum Gasteiger partial charge on any atom is 0.265 e. The van der Waals surface area contributed by atoms with E-state index >= 15 is 0 Å². The molecule has 2 aromatic rings. The number of nitrogens with one attached hydrogen (secondary N) is 1. The van der Waals surface area contributed by atoms with Crippen LogP contribution in [0.5, 0.6) is 0 Å². The minimum Gasteiger partial charge on any atom is -0.279 e. The second kappa shape index (κ2) is 5.63. The van der Waals surface area contributed by atoms with Crippen LogP contribution in [-0.2, 0) is 10.0 Å². The molecule has 0 amide bonds. The number of halogens is 4. The van der Waals surface area contributed by atoms with Gasteiger partial charge in [-0.3, -0.25) is 4.72 Å². The number of anilines is 1. The van der Waals surface area contributed by atoms with Crippen LogP contribution in [0.2, 0.25) is 5.15 Å². The van der Waals surface area contributed by atoms with Crippen LogP contribution < -0.4 is 4.72 Å². The largest absolute Gasteiger partial charge is 0.279 e. The van der Waals surface area contributed by atoms with Crippen molar-refractivity contribution in [2.75, 3.05) is 4.72 Å². The Kier molecular flexibility index (Phi) is 4.26. The summed E-state index contributed by atoms with van der Waals surface area (Å²) in [6, 6.07) is 3.95. The average molecular weight is 384 g/mol. The van der Waals surface area contributed by atoms with Crippen LogP contribution in [0.25, 0.3) is 0 Å². The quantitative estimate of drug-likeness (QED) is 0.824. The summed E-state index contributed by atoms with van der Waals surface area (Å²) in [7, 11) is -4.23. The molecule has 1 heterocycles. The van der Waals surface area contributed by atoms with Gasteiger partial charge >= 0.3 is 0 Å². The number of aromatic nitrogens is 1. The van der Waals surface area contributed by atoms with Gasteiger partial charge < -0.3 is 0 Å². The van der Waals surface area contributed by atoms with Crippen molar-refractivity contribution in [3.63, 3.8) is 0 Å². The summed E-state index contributed by atoms with van der Waals surface area (Å²) >= 11 is 8.45. The Hall–Kier alpha value is -1.25. The fourth-order valence-corrected chi connectivity index (χ4v) is 3.85. The van der Waals surface area contributed by atoms with Crippen LogP contribution in [0.15, 0.2) is 39.8 Å². The molecule has 0 saturated heterocycles. The van der Waals surface area contributed by atoms with Crippen LogP contribution in [0.1, 0.15) is 0 Å². The van der Waals surface area contributed by atoms with Gasteiger partial charge in [-0.25, -0.2) is 22.2 Å². The number of sulfonamides is 1. The number of hydrogen-bond donors (Lipinski definition) is 1. The summed E-state index contributed by atoms with van der Waals surface area (Å²) in [5, 5.41) is 0.0730. The minimum atomic E-state index is -4.23. The predicted octanol–water partition coefficient (Wildman–Crippen LogP) is 3.58. The van der Waals surface area contributed by atoms with E-state index in [1.54, 1.807) is 0 Å². The lowest BCUT2D eigenvalue weighted by Crippen LogP contribution is -2.15. The van der Waals surface area contributed by atoms with Gasteiger partial charge in [0.25, 0.3) is 10.0 Å². The van der Waals surface area contributed by atoms with E-state index in [-0.39, 0.29) is 15.3 Å². The first-order valence-electron chi connectivity index (χ1n) is 5.08. The monoisotopic (exact) mass is 382 g/mol. The van der Waals surface area contributed by atoms with Crippen molar-refractivity contribution in [1.82, 2.24) is 4.98 Å². The Labute approximate surface area is 127 Å². The Morgan fingerprint density at radius 3 is 2.55 bits per heavy atom. The van der Waals surface area contributed by atoms with Gasteiger partial charge in [0.15, 0.2) is 0 Å². The van der Waals surface area contributed by atoms with E-state index in [9.17, 15) is 17.2 Å². The predicted molar refractivity (Wildman–Crippen MR) is 74.1 cm³/mol. The molecular formula is C11H6BrClF2N2O2S. The van der Waals surface area contributed by atoms with Crippen molar-refractivity contribution in [2.45, 2.75) is 4.90 Å². The minimum absolute atomic E-state index is 0.0730. The molecule has 4 nitrogen and oxygen atoms in total. The standard InChI is InChI=1S/C11H6BrClF2N2O2S/c12-8-3-6(14)4-9(15)11(8)20(18,19)17-7-1-2-16-10(13)5-7/h1-5H,(H,16,17). The van der Waals surface area contributed by atoms with E-state index in [4.69, 9.17) is 11.6 Å². The van der Waals surface area contributed by atoms with Crippen LogP contribution in [0, 0.1) is 11.6 Å². The molecule has 0 saturated carbocycles. The molecule has 0 fully saturated rings. The molecule has 1 aromatic heterocycles. The summed E-state index contributed by atoms with van der Waals surface area (Å²) in [6.45, 7) is 0. The summed E-state index contributed by atoms with van der Waals surface area (Å²) in [5.74, 6) is -2.09. The van der Waals surface area contributed by atoms with Gasteiger partial charge in [-0.1, -0.05) is 11.6 Å². The van der Waals surface area contributed by atoms with Crippen molar-refractivity contribution in [3.05, 3.63) is 51.7 Å².